The molecule has 30 heavy (non-hydrogen) atoms. The van der Waals surface area contributed by atoms with Crippen LogP contribution < -0.4 is 10.6 Å². The summed E-state index contributed by atoms with van der Waals surface area (Å²) in [6.45, 7) is 8.36. The molecule has 0 radical (unpaired) electrons. The van der Waals surface area contributed by atoms with Gasteiger partial charge >= 0.3 is 0 Å². The van der Waals surface area contributed by atoms with Gasteiger partial charge < -0.3 is 10.6 Å². The third-order valence-corrected chi connectivity index (χ3v) is 5.23. The lowest BCUT2D eigenvalue weighted by atomic mass is 9.93. The Balaban J connectivity index is 1.40. The maximum Gasteiger partial charge on any atom is 0.0963 e. The quantitative estimate of drug-likeness (QED) is 0.573. The zero-order chi connectivity index (χ0) is 20.8. The Labute approximate surface area is 177 Å². The van der Waals surface area contributed by atoms with Gasteiger partial charge in [-0.05, 0) is 69.0 Å². The Bertz CT molecular complexity index is 1060. The molecule has 3 N–H and O–H groups in total. The number of pyridine rings is 2. The van der Waals surface area contributed by atoms with Crippen molar-refractivity contribution in [1.82, 2.24) is 25.5 Å². The Kier molecular flexibility index (Phi) is 6.21. The van der Waals surface area contributed by atoms with Crippen molar-refractivity contribution in [2.24, 2.45) is 5.92 Å². The molecule has 152 valence electrons. The summed E-state index contributed by atoms with van der Waals surface area (Å²) < 4.78 is 0. The largest absolute Gasteiger partial charge is 0.353 e. The third kappa shape index (κ3) is 5.13. The summed E-state index contributed by atoms with van der Waals surface area (Å²) in [6.07, 6.45) is 10.6. The molecule has 6 nitrogen and oxygen atoms in total. The van der Waals surface area contributed by atoms with Gasteiger partial charge in [-0.1, -0.05) is 18.4 Å². The number of H-pyrrole nitrogens is 1. The third-order valence-electron chi connectivity index (χ3n) is 5.23. The van der Waals surface area contributed by atoms with Gasteiger partial charge in [0.1, 0.15) is 0 Å². The average Bonchev–Trinajstić information content (AvgIpc) is 3.23. The molecule has 0 aliphatic carbocycles. The monoisotopic (exact) mass is 398 g/mol. The molecule has 6 heteroatoms. The van der Waals surface area contributed by atoms with Crippen LogP contribution in [0.25, 0.3) is 5.70 Å². The van der Waals surface area contributed by atoms with Gasteiger partial charge in [-0.2, -0.15) is 5.10 Å². The SMILES string of the molecule is C=C(Nc1ccc(CC2CCNCC2)nc1)c1[nH]ncc1C#Cc1cncc(C)c1. The van der Waals surface area contributed by atoms with E-state index in [0.29, 0.717) is 5.70 Å². The van der Waals surface area contributed by atoms with Crippen LogP contribution in [0.2, 0.25) is 0 Å². The molecular formula is C24H26N6. The second kappa shape index (κ2) is 9.38. The minimum atomic E-state index is 0.701. The molecule has 0 aromatic carbocycles. The van der Waals surface area contributed by atoms with E-state index in [4.69, 9.17) is 0 Å². The van der Waals surface area contributed by atoms with E-state index in [1.807, 2.05) is 25.4 Å². The molecule has 3 aromatic heterocycles. The zero-order valence-corrected chi connectivity index (χ0v) is 17.2. The van der Waals surface area contributed by atoms with Crippen molar-refractivity contribution >= 4 is 11.4 Å². The van der Waals surface area contributed by atoms with E-state index in [2.05, 4.69) is 61.4 Å². The topological polar surface area (TPSA) is 78.5 Å². The van der Waals surface area contributed by atoms with Gasteiger partial charge in [0.15, 0.2) is 0 Å². The second-order valence-electron chi connectivity index (χ2n) is 7.70. The Morgan fingerprint density at radius 1 is 1.17 bits per heavy atom. The summed E-state index contributed by atoms with van der Waals surface area (Å²) in [5.74, 6) is 7.01. The molecule has 1 aliphatic heterocycles. The summed E-state index contributed by atoms with van der Waals surface area (Å²) in [4.78, 5) is 8.80. The van der Waals surface area contributed by atoms with E-state index in [1.54, 1.807) is 12.4 Å². The number of aromatic amines is 1. The van der Waals surface area contributed by atoms with Crippen LogP contribution in [-0.4, -0.2) is 33.3 Å². The van der Waals surface area contributed by atoms with Crippen molar-refractivity contribution < 1.29 is 0 Å². The molecule has 1 fully saturated rings. The number of nitrogens with one attached hydrogen (secondary N) is 3. The average molecular weight is 399 g/mol. The second-order valence-corrected chi connectivity index (χ2v) is 7.70. The highest BCUT2D eigenvalue weighted by Gasteiger charge is 2.14. The minimum Gasteiger partial charge on any atom is -0.353 e. The molecule has 1 aliphatic rings. The fourth-order valence-electron chi connectivity index (χ4n) is 3.61. The lowest BCUT2D eigenvalue weighted by Gasteiger charge is -2.22. The molecule has 0 bridgehead atoms. The molecule has 0 spiro atoms. The highest BCUT2D eigenvalue weighted by Crippen LogP contribution is 2.20. The maximum atomic E-state index is 4.63. The number of hydrogen-bond acceptors (Lipinski definition) is 5. The molecule has 0 saturated carbocycles. The molecule has 4 heterocycles. The molecule has 0 atom stereocenters. The van der Waals surface area contributed by atoms with Crippen molar-refractivity contribution in [3.63, 3.8) is 0 Å². The Hall–Kier alpha value is -3.43. The van der Waals surface area contributed by atoms with E-state index >= 15 is 0 Å². The van der Waals surface area contributed by atoms with Crippen molar-refractivity contribution in [2.75, 3.05) is 18.4 Å². The van der Waals surface area contributed by atoms with E-state index < -0.39 is 0 Å². The number of aromatic nitrogens is 4. The lowest BCUT2D eigenvalue weighted by molar-refractivity contribution is 0.370. The van der Waals surface area contributed by atoms with Gasteiger partial charge in [-0.25, -0.2) is 0 Å². The smallest absolute Gasteiger partial charge is 0.0963 e. The van der Waals surface area contributed by atoms with E-state index in [-0.39, 0.29) is 0 Å². The summed E-state index contributed by atoms with van der Waals surface area (Å²) in [5.41, 5.74) is 6.23. The van der Waals surface area contributed by atoms with Gasteiger partial charge in [0, 0.05) is 23.7 Å². The predicted molar refractivity (Wildman–Crippen MR) is 120 cm³/mol. The maximum absolute atomic E-state index is 4.63. The van der Waals surface area contributed by atoms with Crippen LogP contribution in [0.1, 0.15) is 40.9 Å². The van der Waals surface area contributed by atoms with Crippen LogP contribution in [0, 0.1) is 24.7 Å². The molecular weight excluding hydrogens is 372 g/mol. The Morgan fingerprint density at radius 3 is 2.80 bits per heavy atom. The normalized spacial score (nSPS) is 14.0. The standard InChI is InChI=1S/C24H26N6/c1-17-11-20(14-26-13-17)3-4-21-15-28-30-24(21)18(2)29-23-6-5-22(27-16-23)12-19-7-9-25-10-8-19/h5-6,11,13-16,19,25,29H,2,7-10,12H2,1H3,(H,28,30). The first-order valence-electron chi connectivity index (χ1n) is 10.3. The lowest BCUT2D eigenvalue weighted by Crippen LogP contribution is -2.28. The van der Waals surface area contributed by atoms with Crippen LogP contribution in [0.4, 0.5) is 5.69 Å². The van der Waals surface area contributed by atoms with E-state index in [9.17, 15) is 0 Å². The molecule has 4 rings (SSSR count). The summed E-state index contributed by atoms with van der Waals surface area (Å²) in [5, 5.41) is 13.8. The summed E-state index contributed by atoms with van der Waals surface area (Å²) >= 11 is 0. The van der Waals surface area contributed by atoms with Gasteiger partial charge in [0.2, 0.25) is 0 Å². The number of nitrogens with zero attached hydrogens (tertiary/aromatic N) is 3. The highest BCUT2D eigenvalue weighted by molar-refractivity contribution is 5.76. The highest BCUT2D eigenvalue weighted by atomic mass is 15.1. The van der Waals surface area contributed by atoms with Crippen LogP contribution >= 0.6 is 0 Å². The fraction of sp³-hybridized carbons (Fsp3) is 0.292. The van der Waals surface area contributed by atoms with Crippen LogP contribution in [0.15, 0.2) is 49.6 Å². The first-order chi connectivity index (χ1) is 14.7. The Morgan fingerprint density at radius 2 is 2.03 bits per heavy atom. The molecule has 0 amide bonds. The van der Waals surface area contributed by atoms with Crippen LogP contribution in [0.3, 0.4) is 0 Å². The van der Waals surface area contributed by atoms with Gasteiger partial charge in [0.25, 0.3) is 0 Å². The summed E-state index contributed by atoms with van der Waals surface area (Å²) in [6, 6.07) is 6.15. The fourth-order valence-corrected chi connectivity index (χ4v) is 3.61. The van der Waals surface area contributed by atoms with Crippen LogP contribution in [-0.2, 0) is 6.42 Å². The molecule has 1 saturated heterocycles. The molecule has 3 aromatic rings. The minimum absolute atomic E-state index is 0.701. The number of piperidine rings is 1. The van der Waals surface area contributed by atoms with Gasteiger partial charge in [-0.15, -0.1) is 0 Å². The van der Waals surface area contributed by atoms with Crippen LogP contribution in [0.5, 0.6) is 0 Å². The van der Waals surface area contributed by atoms with Crippen molar-refractivity contribution in [1.29, 1.82) is 0 Å². The first-order valence-corrected chi connectivity index (χ1v) is 10.3. The van der Waals surface area contributed by atoms with E-state index in [0.717, 1.165) is 59.2 Å². The predicted octanol–water partition coefficient (Wildman–Crippen LogP) is 3.53. The number of hydrogen-bond donors (Lipinski definition) is 3. The van der Waals surface area contributed by atoms with Crippen molar-refractivity contribution in [3.05, 3.63) is 77.6 Å². The number of rotatable bonds is 5. The number of anilines is 1. The summed E-state index contributed by atoms with van der Waals surface area (Å²) in [7, 11) is 0. The molecule has 0 unspecified atom stereocenters. The van der Waals surface area contributed by atoms with Gasteiger partial charge in [0.05, 0.1) is 35.0 Å². The van der Waals surface area contributed by atoms with E-state index in [1.165, 1.54) is 12.8 Å². The van der Waals surface area contributed by atoms with Crippen molar-refractivity contribution in [3.8, 4) is 11.8 Å². The first kappa shape index (κ1) is 19.9. The van der Waals surface area contributed by atoms with Crippen molar-refractivity contribution in [2.45, 2.75) is 26.2 Å². The van der Waals surface area contributed by atoms with Gasteiger partial charge in [-0.3, -0.25) is 15.1 Å². The number of aryl methyl sites for hydroxylation is 1. The zero-order valence-electron chi connectivity index (χ0n) is 17.2.